The molecule has 1 aromatic rings. The van der Waals surface area contributed by atoms with Crippen LogP contribution >= 0.6 is 35.6 Å². The maximum absolute atomic E-state index is 6.13. The number of guanidine groups is 1. The zero-order valence-electron chi connectivity index (χ0n) is 13.6. The average molecular weight is 440 g/mol. The van der Waals surface area contributed by atoms with Crippen LogP contribution in [-0.2, 0) is 11.2 Å². The van der Waals surface area contributed by atoms with Crippen molar-refractivity contribution in [1.82, 2.24) is 10.6 Å². The van der Waals surface area contributed by atoms with Crippen LogP contribution in [-0.4, -0.2) is 38.8 Å². The van der Waals surface area contributed by atoms with Gasteiger partial charge in [-0.1, -0.05) is 29.8 Å². The molecule has 0 atom stereocenters. The van der Waals surface area contributed by atoms with Crippen LogP contribution in [0.5, 0.6) is 0 Å². The minimum atomic E-state index is 0. The summed E-state index contributed by atoms with van der Waals surface area (Å²) in [6, 6.07) is 7.91. The van der Waals surface area contributed by atoms with E-state index in [1.807, 2.05) is 38.1 Å². The van der Waals surface area contributed by atoms with Gasteiger partial charge >= 0.3 is 0 Å². The fourth-order valence-corrected chi connectivity index (χ4v) is 2.07. The van der Waals surface area contributed by atoms with Gasteiger partial charge in [0.2, 0.25) is 0 Å². The fourth-order valence-electron chi connectivity index (χ4n) is 1.84. The third kappa shape index (κ3) is 9.48. The Morgan fingerprint density at radius 1 is 1.23 bits per heavy atom. The van der Waals surface area contributed by atoms with Crippen LogP contribution < -0.4 is 10.6 Å². The van der Waals surface area contributed by atoms with Crippen LogP contribution in [0.25, 0.3) is 0 Å². The Hall–Kier alpha value is -0.530. The van der Waals surface area contributed by atoms with E-state index in [2.05, 4.69) is 15.6 Å². The summed E-state index contributed by atoms with van der Waals surface area (Å²) in [7, 11) is 1.77. The number of halogens is 2. The van der Waals surface area contributed by atoms with Gasteiger partial charge < -0.3 is 15.4 Å². The summed E-state index contributed by atoms with van der Waals surface area (Å²) in [5.41, 5.74) is 1.15. The average Bonchev–Trinajstić information content (AvgIpc) is 2.46. The molecule has 6 heteroatoms. The summed E-state index contributed by atoms with van der Waals surface area (Å²) in [6.07, 6.45) is 2.12. The molecule has 2 N–H and O–H groups in total. The van der Waals surface area contributed by atoms with E-state index in [4.69, 9.17) is 16.3 Å². The lowest BCUT2D eigenvalue weighted by Gasteiger charge is -2.13. The number of hydrogen-bond donors (Lipinski definition) is 2. The molecule has 0 radical (unpaired) electrons. The molecule has 0 saturated carbocycles. The normalized spacial score (nSPS) is 11.2. The zero-order valence-corrected chi connectivity index (χ0v) is 16.7. The lowest BCUT2D eigenvalue weighted by atomic mass is 10.1. The highest BCUT2D eigenvalue weighted by Gasteiger charge is 2.01. The fraction of sp³-hybridized carbons (Fsp3) is 0.562. The molecule has 0 bridgehead atoms. The summed E-state index contributed by atoms with van der Waals surface area (Å²) in [5, 5.41) is 7.37. The van der Waals surface area contributed by atoms with Gasteiger partial charge in [0, 0.05) is 31.8 Å². The van der Waals surface area contributed by atoms with Crippen LogP contribution in [0, 0.1) is 0 Å². The van der Waals surface area contributed by atoms with E-state index in [0.29, 0.717) is 0 Å². The van der Waals surface area contributed by atoms with Crippen molar-refractivity contribution in [3.63, 3.8) is 0 Å². The molecule has 126 valence electrons. The molecule has 1 rings (SSSR count). The third-order valence-corrected chi connectivity index (χ3v) is 3.30. The van der Waals surface area contributed by atoms with Gasteiger partial charge in [-0.25, -0.2) is 0 Å². The molecule has 0 aliphatic rings. The van der Waals surface area contributed by atoms with Crippen molar-refractivity contribution in [2.75, 3.05) is 26.7 Å². The Bertz CT molecular complexity index is 441. The second-order valence-electron chi connectivity index (χ2n) is 5.04. The van der Waals surface area contributed by atoms with Crippen molar-refractivity contribution in [3.05, 3.63) is 34.9 Å². The monoisotopic (exact) mass is 439 g/mol. The Kier molecular flexibility index (Phi) is 12.6. The first-order valence-corrected chi connectivity index (χ1v) is 7.80. The molecule has 0 saturated heterocycles. The number of nitrogens with zero attached hydrogens (tertiary/aromatic N) is 1. The molecule has 0 aromatic heterocycles. The molecular formula is C16H27ClIN3O. The predicted molar refractivity (Wildman–Crippen MR) is 106 cm³/mol. The Morgan fingerprint density at radius 3 is 2.55 bits per heavy atom. The summed E-state index contributed by atoms with van der Waals surface area (Å²) < 4.78 is 5.49. The second-order valence-corrected chi connectivity index (χ2v) is 5.45. The molecule has 4 nitrogen and oxygen atoms in total. The van der Waals surface area contributed by atoms with Crippen molar-refractivity contribution in [1.29, 1.82) is 0 Å². The molecule has 1 aromatic carbocycles. The van der Waals surface area contributed by atoms with Crippen molar-refractivity contribution in [3.8, 4) is 0 Å². The van der Waals surface area contributed by atoms with Crippen molar-refractivity contribution in [2.24, 2.45) is 4.99 Å². The maximum Gasteiger partial charge on any atom is 0.190 e. The number of rotatable bonds is 8. The minimum absolute atomic E-state index is 0. The summed E-state index contributed by atoms with van der Waals surface area (Å²) >= 11 is 6.13. The summed E-state index contributed by atoms with van der Waals surface area (Å²) in [4.78, 5) is 4.20. The van der Waals surface area contributed by atoms with E-state index in [9.17, 15) is 0 Å². The number of hydrogen-bond acceptors (Lipinski definition) is 2. The van der Waals surface area contributed by atoms with Gasteiger partial charge in [-0.2, -0.15) is 0 Å². The molecule has 0 fully saturated rings. The Labute approximate surface area is 156 Å². The highest BCUT2D eigenvalue weighted by atomic mass is 127. The molecule has 0 amide bonds. The van der Waals surface area contributed by atoms with E-state index in [1.165, 1.54) is 0 Å². The van der Waals surface area contributed by atoms with Crippen molar-refractivity contribution >= 4 is 41.5 Å². The van der Waals surface area contributed by atoms with Gasteiger partial charge in [-0.05, 0) is 38.3 Å². The number of benzene rings is 1. The standard InChI is InChI=1S/C16H26ClN3O.HI/c1-13(2)21-12-6-10-19-16(18-3)20-11-9-14-7-4-5-8-15(14)17;/h4-5,7-8,13H,6,9-12H2,1-3H3,(H2,18,19,20);1H. The smallest absolute Gasteiger partial charge is 0.190 e. The van der Waals surface area contributed by atoms with Crippen molar-refractivity contribution in [2.45, 2.75) is 32.8 Å². The minimum Gasteiger partial charge on any atom is -0.379 e. The van der Waals surface area contributed by atoms with E-state index < -0.39 is 0 Å². The van der Waals surface area contributed by atoms with Crippen LogP contribution in [0.15, 0.2) is 29.3 Å². The SMILES string of the molecule is CN=C(NCCCOC(C)C)NCCc1ccccc1Cl.I. The van der Waals surface area contributed by atoms with Crippen LogP contribution in [0.3, 0.4) is 0 Å². The van der Waals surface area contributed by atoms with Gasteiger partial charge in [0.05, 0.1) is 6.10 Å². The largest absolute Gasteiger partial charge is 0.379 e. The molecule has 0 aliphatic heterocycles. The van der Waals surface area contributed by atoms with E-state index in [0.717, 1.165) is 49.1 Å². The quantitative estimate of drug-likeness (QED) is 0.282. The molecular weight excluding hydrogens is 413 g/mol. The molecule has 22 heavy (non-hydrogen) atoms. The van der Waals surface area contributed by atoms with Crippen molar-refractivity contribution < 1.29 is 4.74 Å². The van der Waals surface area contributed by atoms with Gasteiger partial charge in [0.1, 0.15) is 0 Å². The topological polar surface area (TPSA) is 45.7 Å². The van der Waals surface area contributed by atoms with Gasteiger partial charge in [0.15, 0.2) is 5.96 Å². The van der Waals surface area contributed by atoms with Gasteiger partial charge in [-0.15, -0.1) is 24.0 Å². The molecule has 0 unspecified atom stereocenters. The summed E-state index contributed by atoms with van der Waals surface area (Å²) in [5.74, 6) is 0.812. The Balaban J connectivity index is 0.00000441. The number of ether oxygens (including phenoxy) is 1. The number of nitrogens with one attached hydrogen (secondary N) is 2. The van der Waals surface area contributed by atoms with E-state index in [1.54, 1.807) is 7.05 Å². The number of aliphatic imine (C=N–C) groups is 1. The van der Waals surface area contributed by atoms with Gasteiger partial charge in [0.25, 0.3) is 0 Å². The molecule has 0 heterocycles. The van der Waals surface area contributed by atoms with Crippen LogP contribution in [0.1, 0.15) is 25.8 Å². The van der Waals surface area contributed by atoms with Crippen LogP contribution in [0.4, 0.5) is 0 Å². The first-order valence-electron chi connectivity index (χ1n) is 7.43. The zero-order chi connectivity index (χ0) is 15.5. The van der Waals surface area contributed by atoms with Gasteiger partial charge in [-0.3, -0.25) is 4.99 Å². The van der Waals surface area contributed by atoms with E-state index >= 15 is 0 Å². The first-order chi connectivity index (χ1) is 10.1. The lowest BCUT2D eigenvalue weighted by molar-refractivity contribution is 0.0776. The van der Waals surface area contributed by atoms with Crippen LogP contribution in [0.2, 0.25) is 5.02 Å². The first kappa shape index (κ1) is 21.5. The Morgan fingerprint density at radius 2 is 1.91 bits per heavy atom. The molecule has 0 spiro atoms. The lowest BCUT2D eigenvalue weighted by Crippen LogP contribution is -2.39. The highest BCUT2D eigenvalue weighted by molar-refractivity contribution is 14.0. The second kappa shape index (κ2) is 13.0. The summed E-state index contributed by atoms with van der Waals surface area (Å²) in [6.45, 7) is 6.50. The molecule has 0 aliphatic carbocycles. The predicted octanol–water partition coefficient (Wildman–Crippen LogP) is 3.48. The highest BCUT2D eigenvalue weighted by Crippen LogP contribution is 2.14. The third-order valence-electron chi connectivity index (χ3n) is 2.93. The van der Waals surface area contributed by atoms with E-state index in [-0.39, 0.29) is 30.1 Å². The maximum atomic E-state index is 6.13.